The lowest BCUT2D eigenvalue weighted by molar-refractivity contribution is -0.136. The highest BCUT2D eigenvalue weighted by Crippen LogP contribution is 2.13. The van der Waals surface area contributed by atoms with Gasteiger partial charge in [-0.25, -0.2) is 9.59 Å². The highest BCUT2D eigenvalue weighted by atomic mass is 16.8. The van der Waals surface area contributed by atoms with Crippen LogP contribution in [0.3, 0.4) is 0 Å². The summed E-state index contributed by atoms with van der Waals surface area (Å²) in [5, 5.41) is 0. The number of ether oxygens (including phenoxy) is 2. The second-order valence-electron chi connectivity index (χ2n) is 2.42. The van der Waals surface area contributed by atoms with Crippen molar-refractivity contribution in [3.05, 3.63) is 0 Å². The van der Waals surface area contributed by atoms with Crippen molar-refractivity contribution in [2.75, 3.05) is 0 Å². The van der Waals surface area contributed by atoms with E-state index in [0.29, 0.717) is 6.42 Å². The Morgan fingerprint density at radius 1 is 1.45 bits per heavy atom. The molecule has 4 heteroatoms. The molecule has 0 radical (unpaired) electrons. The zero-order valence-electron chi connectivity index (χ0n) is 6.33. The van der Waals surface area contributed by atoms with Crippen LogP contribution in [0, 0.1) is 0 Å². The summed E-state index contributed by atoms with van der Waals surface area (Å²) in [7, 11) is 0. The van der Waals surface area contributed by atoms with E-state index in [1.807, 2.05) is 6.92 Å². The third-order valence-electron chi connectivity index (χ3n) is 1.51. The second kappa shape index (κ2) is 3.37. The van der Waals surface area contributed by atoms with Gasteiger partial charge in [0.25, 0.3) is 0 Å². The van der Waals surface area contributed by atoms with Crippen LogP contribution in [0.5, 0.6) is 0 Å². The lowest BCUT2D eigenvalue weighted by Crippen LogP contribution is -2.15. The minimum Gasteiger partial charge on any atom is -0.419 e. The molecule has 1 fully saturated rings. The second-order valence-corrected chi connectivity index (χ2v) is 2.42. The lowest BCUT2D eigenvalue weighted by atomic mass is 10.2. The van der Waals surface area contributed by atoms with E-state index in [-0.39, 0.29) is 0 Å². The van der Waals surface area contributed by atoms with Gasteiger partial charge in [0, 0.05) is 0 Å². The fourth-order valence-corrected chi connectivity index (χ4v) is 0.902. The van der Waals surface area contributed by atoms with Gasteiger partial charge in [-0.2, -0.15) is 0 Å². The Balaban J connectivity index is 2.34. The van der Waals surface area contributed by atoms with Gasteiger partial charge in [0.1, 0.15) is 0 Å². The Bertz CT molecular complexity index is 175. The summed E-state index contributed by atoms with van der Waals surface area (Å²) in [6.07, 6.45) is 0.897. The van der Waals surface area contributed by atoms with E-state index < -0.39 is 18.2 Å². The Morgan fingerprint density at radius 3 is 2.64 bits per heavy atom. The third-order valence-corrected chi connectivity index (χ3v) is 1.51. The standard InChI is InChI=1S/C7H10O4/c1-2-3-4-5-6(8)11-7(9)10-5/h5H,2-4H2,1H3. The molecule has 1 saturated heterocycles. The number of hydrogen-bond acceptors (Lipinski definition) is 4. The SMILES string of the molecule is CCCCC1OC(=O)OC1=O. The molecule has 1 unspecified atom stereocenters. The van der Waals surface area contributed by atoms with Crippen LogP contribution in [0.4, 0.5) is 4.79 Å². The molecule has 0 bridgehead atoms. The van der Waals surface area contributed by atoms with Crippen molar-refractivity contribution in [2.45, 2.75) is 32.3 Å². The van der Waals surface area contributed by atoms with E-state index in [1.165, 1.54) is 0 Å². The van der Waals surface area contributed by atoms with Gasteiger partial charge in [0.2, 0.25) is 6.10 Å². The molecular weight excluding hydrogens is 148 g/mol. The minimum absolute atomic E-state index is 0.552. The Kier molecular flexibility index (Phi) is 2.46. The van der Waals surface area contributed by atoms with Crippen LogP contribution in [0.1, 0.15) is 26.2 Å². The molecule has 0 N–H and O–H groups in total. The summed E-state index contributed by atoms with van der Waals surface area (Å²) in [6.45, 7) is 2.00. The zero-order chi connectivity index (χ0) is 8.27. The molecule has 11 heavy (non-hydrogen) atoms. The van der Waals surface area contributed by atoms with Gasteiger partial charge >= 0.3 is 12.1 Å². The molecule has 1 atom stereocenters. The van der Waals surface area contributed by atoms with Gasteiger partial charge in [-0.05, 0) is 12.8 Å². The molecule has 4 nitrogen and oxygen atoms in total. The molecule has 0 aromatic carbocycles. The first-order valence-corrected chi connectivity index (χ1v) is 3.66. The molecule has 62 valence electrons. The topological polar surface area (TPSA) is 52.6 Å². The molecular formula is C7H10O4. The van der Waals surface area contributed by atoms with E-state index in [4.69, 9.17) is 0 Å². The molecule has 0 spiro atoms. The summed E-state index contributed by atoms with van der Waals surface area (Å²) in [6, 6.07) is 0. The average molecular weight is 158 g/mol. The van der Waals surface area contributed by atoms with Crippen molar-refractivity contribution in [3.8, 4) is 0 Å². The van der Waals surface area contributed by atoms with E-state index in [2.05, 4.69) is 9.47 Å². The van der Waals surface area contributed by atoms with Crippen LogP contribution in [0.2, 0.25) is 0 Å². The molecule has 0 amide bonds. The number of hydrogen-bond donors (Lipinski definition) is 0. The van der Waals surface area contributed by atoms with E-state index in [1.54, 1.807) is 0 Å². The molecule has 1 heterocycles. The lowest BCUT2D eigenvalue weighted by Gasteiger charge is -2.00. The minimum atomic E-state index is -0.865. The molecule has 0 aromatic rings. The first-order chi connectivity index (χ1) is 5.24. The zero-order valence-corrected chi connectivity index (χ0v) is 6.33. The maximum atomic E-state index is 10.7. The number of cyclic esters (lactones) is 3. The first-order valence-electron chi connectivity index (χ1n) is 3.66. The highest BCUT2D eigenvalue weighted by molar-refractivity contribution is 5.90. The molecule has 0 saturated carbocycles. The smallest absolute Gasteiger partial charge is 0.419 e. The van der Waals surface area contributed by atoms with Crippen molar-refractivity contribution >= 4 is 12.1 Å². The monoisotopic (exact) mass is 158 g/mol. The van der Waals surface area contributed by atoms with Gasteiger partial charge in [-0.3, -0.25) is 0 Å². The molecule has 1 rings (SSSR count). The van der Waals surface area contributed by atoms with Gasteiger partial charge in [0.05, 0.1) is 0 Å². The normalized spacial score (nSPS) is 23.2. The maximum Gasteiger partial charge on any atom is 0.517 e. The fraction of sp³-hybridized carbons (Fsp3) is 0.714. The summed E-state index contributed by atoms with van der Waals surface area (Å²) < 4.78 is 8.74. The molecule has 0 aliphatic carbocycles. The van der Waals surface area contributed by atoms with Crippen LogP contribution in [0.15, 0.2) is 0 Å². The predicted octanol–water partition coefficient (Wildman–Crippen LogP) is 1.24. The first kappa shape index (κ1) is 8.04. The summed E-state index contributed by atoms with van der Waals surface area (Å²) in [4.78, 5) is 21.1. The Morgan fingerprint density at radius 2 is 2.18 bits per heavy atom. The Hall–Kier alpha value is -1.06. The number of carbonyl (C=O) groups is 2. The van der Waals surface area contributed by atoms with Crippen molar-refractivity contribution < 1.29 is 19.1 Å². The molecule has 1 aliphatic heterocycles. The van der Waals surface area contributed by atoms with Crippen molar-refractivity contribution in [1.82, 2.24) is 0 Å². The summed E-state index contributed by atoms with van der Waals surface area (Å²) in [5.74, 6) is -0.552. The van der Waals surface area contributed by atoms with Crippen molar-refractivity contribution in [3.63, 3.8) is 0 Å². The fourth-order valence-electron chi connectivity index (χ4n) is 0.902. The number of unbranched alkanes of at least 4 members (excludes halogenated alkanes) is 1. The van der Waals surface area contributed by atoms with Crippen LogP contribution in [-0.4, -0.2) is 18.2 Å². The van der Waals surface area contributed by atoms with Gasteiger partial charge in [0.15, 0.2) is 0 Å². The highest BCUT2D eigenvalue weighted by Gasteiger charge is 2.34. The maximum absolute atomic E-state index is 10.7. The quantitative estimate of drug-likeness (QED) is 0.458. The van der Waals surface area contributed by atoms with Crippen LogP contribution >= 0.6 is 0 Å². The predicted molar refractivity (Wildman–Crippen MR) is 35.9 cm³/mol. The average Bonchev–Trinajstić information content (AvgIpc) is 2.26. The molecule has 0 aromatic heterocycles. The number of carbonyl (C=O) groups excluding carboxylic acids is 2. The summed E-state index contributed by atoms with van der Waals surface area (Å²) in [5.41, 5.74) is 0. The van der Waals surface area contributed by atoms with E-state index in [9.17, 15) is 9.59 Å². The van der Waals surface area contributed by atoms with Crippen molar-refractivity contribution in [1.29, 1.82) is 0 Å². The van der Waals surface area contributed by atoms with E-state index >= 15 is 0 Å². The van der Waals surface area contributed by atoms with Crippen molar-refractivity contribution in [2.24, 2.45) is 0 Å². The number of esters is 1. The van der Waals surface area contributed by atoms with Crippen LogP contribution in [0.25, 0.3) is 0 Å². The number of rotatable bonds is 3. The summed E-state index contributed by atoms with van der Waals surface area (Å²) >= 11 is 0. The van der Waals surface area contributed by atoms with E-state index in [0.717, 1.165) is 12.8 Å². The van der Waals surface area contributed by atoms with Gasteiger partial charge in [-0.15, -0.1) is 0 Å². The van der Waals surface area contributed by atoms with Gasteiger partial charge in [-0.1, -0.05) is 13.3 Å². The van der Waals surface area contributed by atoms with Crippen LogP contribution in [-0.2, 0) is 14.3 Å². The van der Waals surface area contributed by atoms with Crippen LogP contribution < -0.4 is 0 Å². The third kappa shape index (κ3) is 1.93. The van der Waals surface area contributed by atoms with Gasteiger partial charge < -0.3 is 9.47 Å². The largest absolute Gasteiger partial charge is 0.517 e. The Labute approximate surface area is 64.5 Å². The molecule has 1 aliphatic rings.